The molecule has 0 amide bonds. The van der Waals surface area contributed by atoms with E-state index in [1.807, 2.05) is 56.3 Å². The number of hydrogen-bond donors (Lipinski definition) is 1. The molecule has 6 heteroatoms. The molecule has 0 aliphatic heterocycles. The minimum absolute atomic E-state index is 0.169. The van der Waals surface area contributed by atoms with Crippen LogP contribution in [0.4, 0.5) is 0 Å². The van der Waals surface area contributed by atoms with Crippen molar-refractivity contribution in [1.82, 2.24) is 4.31 Å². The quantitative estimate of drug-likeness (QED) is 0.668. The Bertz CT molecular complexity index is 833. The van der Waals surface area contributed by atoms with Gasteiger partial charge in [0.1, 0.15) is 0 Å². The molecule has 146 valence electrons. The summed E-state index contributed by atoms with van der Waals surface area (Å²) < 4.78 is 27.8. The van der Waals surface area contributed by atoms with Crippen LogP contribution >= 0.6 is 11.6 Å². The van der Waals surface area contributed by atoms with Crippen molar-refractivity contribution in [2.75, 3.05) is 13.2 Å². The fourth-order valence-electron chi connectivity index (χ4n) is 2.87. The van der Waals surface area contributed by atoms with Crippen LogP contribution in [0.25, 0.3) is 6.08 Å². The molecule has 1 N–H and O–H groups in total. The maximum Gasteiger partial charge on any atom is 0.243 e. The SMILES string of the molecule is CC(C)CC(CO)N(C/C=C/c1ccccc1)S(=O)(=O)c1ccc(Cl)cc1. The van der Waals surface area contributed by atoms with Gasteiger partial charge in [0.05, 0.1) is 11.5 Å². The first-order valence-corrected chi connectivity index (χ1v) is 10.8. The van der Waals surface area contributed by atoms with Gasteiger partial charge in [-0.05, 0) is 42.2 Å². The summed E-state index contributed by atoms with van der Waals surface area (Å²) in [5, 5.41) is 10.3. The highest BCUT2D eigenvalue weighted by Crippen LogP contribution is 2.23. The molecule has 1 unspecified atom stereocenters. The number of aliphatic hydroxyl groups is 1. The molecular formula is C21H26ClNO3S. The van der Waals surface area contributed by atoms with Crippen LogP contribution < -0.4 is 0 Å². The van der Waals surface area contributed by atoms with Crippen molar-refractivity contribution in [2.45, 2.75) is 31.2 Å². The predicted octanol–water partition coefficient (Wildman–Crippen LogP) is 4.45. The first kappa shape index (κ1) is 21.6. The van der Waals surface area contributed by atoms with Crippen LogP contribution in [-0.2, 0) is 10.0 Å². The highest BCUT2D eigenvalue weighted by molar-refractivity contribution is 7.89. The minimum Gasteiger partial charge on any atom is -0.395 e. The molecule has 1 atom stereocenters. The summed E-state index contributed by atoms with van der Waals surface area (Å²) in [6.45, 7) is 3.97. The van der Waals surface area contributed by atoms with Gasteiger partial charge >= 0.3 is 0 Å². The highest BCUT2D eigenvalue weighted by Gasteiger charge is 2.30. The number of benzene rings is 2. The van der Waals surface area contributed by atoms with Crippen LogP contribution in [-0.4, -0.2) is 37.0 Å². The summed E-state index contributed by atoms with van der Waals surface area (Å²) in [6.07, 6.45) is 4.27. The second-order valence-corrected chi connectivity index (χ2v) is 9.13. The minimum atomic E-state index is -3.77. The maximum atomic E-state index is 13.2. The van der Waals surface area contributed by atoms with Crippen LogP contribution in [0, 0.1) is 5.92 Å². The van der Waals surface area contributed by atoms with E-state index in [2.05, 4.69) is 0 Å². The molecule has 0 aromatic heterocycles. The van der Waals surface area contributed by atoms with Gasteiger partial charge in [-0.15, -0.1) is 0 Å². The van der Waals surface area contributed by atoms with Crippen molar-refractivity contribution < 1.29 is 13.5 Å². The van der Waals surface area contributed by atoms with Crippen LogP contribution in [0.15, 0.2) is 65.6 Å². The third-order valence-corrected chi connectivity index (χ3v) is 6.36. The second kappa shape index (κ2) is 10.0. The summed E-state index contributed by atoms with van der Waals surface area (Å²) in [5.41, 5.74) is 0.991. The standard InChI is InChI=1S/C21H26ClNO3S/c1-17(2)15-20(16-24)23(14-6-9-18-7-4-3-5-8-18)27(25,26)21-12-10-19(22)11-13-21/h3-13,17,20,24H,14-16H2,1-2H3/b9-6+. The van der Waals surface area contributed by atoms with E-state index in [0.29, 0.717) is 11.4 Å². The zero-order chi connectivity index (χ0) is 19.9. The van der Waals surface area contributed by atoms with E-state index < -0.39 is 16.1 Å². The summed E-state index contributed by atoms with van der Waals surface area (Å²) in [6, 6.07) is 15.3. The molecule has 0 bridgehead atoms. The predicted molar refractivity (Wildman–Crippen MR) is 111 cm³/mol. The average molecular weight is 408 g/mol. The molecule has 27 heavy (non-hydrogen) atoms. The molecule has 0 fully saturated rings. The van der Waals surface area contributed by atoms with Crippen LogP contribution in [0.1, 0.15) is 25.8 Å². The van der Waals surface area contributed by atoms with Crippen molar-refractivity contribution >= 4 is 27.7 Å². The van der Waals surface area contributed by atoms with Gasteiger partial charge in [-0.1, -0.05) is 67.9 Å². The number of nitrogens with zero attached hydrogens (tertiary/aromatic N) is 1. The van der Waals surface area contributed by atoms with Crippen LogP contribution in [0.5, 0.6) is 0 Å². The molecule has 2 aromatic carbocycles. The van der Waals surface area contributed by atoms with Gasteiger partial charge in [0.15, 0.2) is 0 Å². The van der Waals surface area contributed by atoms with E-state index in [-0.39, 0.29) is 24.0 Å². The fraction of sp³-hybridized carbons (Fsp3) is 0.333. The molecule has 0 aliphatic rings. The Morgan fingerprint density at radius 3 is 2.26 bits per heavy atom. The number of aliphatic hydroxyl groups excluding tert-OH is 1. The van der Waals surface area contributed by atoms with Crippen LogP contribution in [0.2, 0.25) is 5.02 Å². The van der Waals surface area contributed by atoms with Crippen molar-refractivity contribution in [3.63, 3.8) is 0 Å². The average Bonchev–Trinajstić information content (AvgIpc) is 2.64. The molecule has 2 aromatic rings. The lowest BCUT2D eigenvalue weighted by Crippen LogP contribution is -2.43. The molecule has 0 heterocycles. The van der Waals surface area contributed by atoms with E-state index in [1.54, 1.807) is 12.1 Å². The number of rotatable bonds is 9. The highest BCUT2D eigenvalue weighted by atomic mass is 35.5. The molecule has 0 aliphatic carbocycles. The van der Waals surface area contributed by atoms with Gasteiger partial charge in [-0.3, -0.25) is 0 Å². The van der Waals surface area contributed by atoms with Gasteiger partial charge in [0.25, 0.3) is 0 Å². The molecule has 0 saturated heterocycles. The van der Waals surface area contributed by atoms with E-state index >= 15 is 0 Å². The summed E-state index contributed by atoms with van der Waals surface area (Å²) in [7, 11) is -3.77. The lowest BCUT2D eigenvalue weighted by Gasteiger charge is -2.30. The van der Waals surface area contributed by atoms with Crippen molar-refractivity contribution in [2.24, 2.45) is 5.92 Å². The topological polar surface area (TPSA) is 57.6 Å². The summed E-state index contributed by atoms with van der Waals surface area (Å²) in [4.78, 5) is 0.169. The van der Waals surface area contributed by atoms with Gasteiger partial charge < -0.3 is 5.11 Å². The summed E-state index contributed by atoms with van der Waals surface area (Å²) in [5.74, 6) is 0.253. The molecule has 4 nitrogen and oxygen atoms in total. The monoisotopic (exact) mass is 407 g/mol. The van der Waals surface area contributed by atoms with Gasteiger partial charge in [-0.25, -0.2) is 8.42 Å². The van der Waals surface area contributed by atoms with Crippen LogP contribution in [0.3, 0.4) is 0 Å². The van der Waals surface area contributed by atoms with E-state index in [0.717, 1.165) is 5.56 Å². The maximum absolute atomic E-state index is 13.2. The number of halogens is 1. The van der Waals surface area contributed by atoms with Crippen molar-refractivity contribution in [3.8, 4) is 0 Å². The third kappa shape index (κ3) is 6.18. The van der Waals surface area contributed by atoms with E-state index in [4.69, 9.17) is 11.6 Å². The molecular weight excluding hydrogens is 382 g/mol. The third-order valence-electron chi connectivity index (χ3n) is 4.18. The first-order valence-electron chi connectivity index (χ1n) is 8.94. The fourth-order valence-corrected chi connectivity index (χ4v) is 4.57. The smallest absolute Gasteiger partial charge is 0.243 e. The molecule has 0 saturated carbocycles. The lowest BCUT2D eigenvalue weighted by atomic mass is 10.0. The zero-order valence-electron chi connectivity index (χ0n) is 15.6. The molecule has 0 spiro atoms. The van der Waals surface area contributed by atoms with E-state index in [1.165, 1.54) is 16.4 Å². The van der Waals surface area contributed by atoms with Gasteiger partial charge in [0.2, 0.25) is 10.0 Å². The Morgan fingerprint density at radius 2 is 1.70 bits per heavy atom. The number of sulfonamides is 1. The Kier molecular flexibility index (Phi) is 8.05. The lowest BCUT2D eigenvalue weighted by molar-refractivity contribution is 0.175. The molecule has 2 rings (SSSR count). The normalized spacial score (nSPS) is 13.6. The second-order valence-electron chi connectivity index (χ2n) is 6.81. The Morgan fingerprint density at radius 1 is 1.07 bits per heavy atom. The van der Waals surface area contributed by atoms with E-state index in [9.17, 15) is 13.5 Å². The first-order chi connectivity index (χ1) is 12.8. The Hall–Kier alpha value is -1.66. The zero-order valence-corrected chi connectivity index (χ0v) is 17.2. The van der Waals surface area contributed by atoms with Gasteiger partial charge in [0, 0.05) is 17.6 Å². The molecule has 0 radical (unpaired) electrons. The Balaban J connectivity index is 2.33. The van der Waals surface area contributed by atoms with Crippen molar-refractivity contribution in [1.29, 1.82) is 0 Å². The van der Waals surface area contributed by atoms with Crippen molar-refractivity contribution in [3.05, 3.63) is 71.3 Å². The Labute approximate surface area is 167 Å². The largest absolute Gasteiger partial charge is 0.395 e. The summed E-state index contributed by atoms with van der Waals surface area (Å²) >= 11 is 5.89. The van der Waals surface area contributed by atoms with Gasteiger partial charge in [-0.2, -0.15) is 4.31 Å². The number of hydrogen-bond acceptors (Lipinski definition) is 3.